The highest BCUT2D eigenvalue weighted by Crippen LogP contribution is 2.41. The van der Waals surface area contributed by atoms with E-state index >= 15 is 0 Å². The minimum absolute atomic E-state index is 0.0124. The molecule has 0 saturated heterocycles. The minimum atomic E-state index is -0.525. The molecule has 136 valence electrons. The molecule has 2 aromatic carbocycles. The van der Waals surface area contributed by atoms with E-state index in [2.05, 4.69) is 10.6 Å². The molecule has 0 aromatic heterocycles. The Labute approximate surface area is 152 Å². The summed E-state index contributed by atoms with van der Waals surface area (Å²) in [6, 6.07) is 14.6. The topological polar surface area (TPSA) is 93.4 Å². The molecule has 2 amide bonds. The molecule has 6 heteroatoms. The number of primary amides is 1. The number of carbonyl (C=O) groups excluding carboxylic acids is 2. The molecule has 26 heavy (non-hydrogen) atoms. The number of hydrogen-bond donors (Lipinski definition) is 3. The van der Waals surface area contributed by atoms with Gasteiger partial charge in [0, 0.05) is 5.69 Å². The Hall–Kier alpha value is -3.02. The first-order valence-corrected chi connectivity index (χ1v) is 8.64. The number of para-hydroxylation sites is 1. The van der Waals surface area contributed by atoms with E-state index in [1.807, 2.05) is 24.3 Å². The third-order valence-corrected chi connectivity index (χ3v) is 4.52. The van der Waals surface area contributed by atoms with Crippen LogP contribution in [0.15, 0.2) is 48.5 Å². The summed E-state index contributed by atoms with van der Waals surface area (Å²) in [5.41, 5.74) is 7.36. The van der Waals surface area contributed by atoms with Crippen molar-refractivity contribution in [3.63, 3.8) is 0 Å². The number of nitrogens with two attached hydrogens (primary N) is 1. The molecule has 0 heterocycles. The number of amides is 2. The summed E-state index contributed by atoms with van der Waals surface area (Å²) in [5.74, 6) is 0.601. The molecule has 0 aliphatic heterocycles. The standard InChI is InChI=1S/C20H23N3O3/c1-26-15-10-8-14(9-11-15)19(13-6-7-13)23-18(24)12-22-17-5-3-2-4-16(17)20(21)25/h2-5,8-11,13,19,22H,6-7,12H2,1H3,(H2,21,25)(H,23,24)/t19-/m0/s1. The smallest absolute Gasteiger partial charge is 0.250 e. The van der Waals surface area contributed by atoms with Crippen LogP contribution in [0.4, 0.5) is 5.69 Å². The van der Waals surface area contributed by atoms with Crippen molar-refractivity contribution in [1.82, 2.24) is 5.32 Å². The lowest BCUT2D eigenvalue weighted by atomic mass is 10.0. The fourth-order valence-corrected chi connectivity index (χ4v) is 2.97. The van der Waals surface area contributed by atoms with Gasteiger partial charge in [-0.1, -0.05) is 24.3 Å². The summed E-state index contributed by atoms with van der Waals surface area (Å²) >= 11 is 0. The Kier molecular flexibility index (Phi) is 5.41. The van der Waals surface area contributed by atoms with Gasteiger partial charge in [0.2, 0.25) is 5.91 Å². The van der Waals surface area contributed by atoms with E-state index < -0.39 is 5.91 Å². The largest absolute Gasteiger partial charge is 0.497 e. The monoisotopic (exact) mass is 353 g/mol. The van der Waals surface area contributed by atoms with Gasteiger partial charge in [-0.2, -0.15) is 0 Å². The van der Waals surface area contributed by atoms with E-state index in [0.29, 0.717) is 17.2 Å². The van der Waals surface area contributed by atoms with Crippen LogP contribution in [0.3, 0.4) is 0 Å². The van der Waals surface area contributed by atoms with Crippen molar-refractivity contribution in [1.29, 1.82) is 0 Å². The van der Waals surface area contributed by atoms with E-state index in [1.54, 1.807) is 31.4 Å². The molecule has 6 nitrogen and oxygen atoms in total. The fraction of sp³-hybridized carbons (Fsp3) is 0.300. The Morgan fingerprint density at radius 3 is 2.46 bits per heavy atom. The number of methoxy groups -OCH3 is 1. The van der Waals surface area contributed by atoms with Gasteiger partial charge in [0.25, 0.3) is 5.91 Å². The SMILES string of the molecule is COc1ccc([C@@H](NC(=O)CNc2ccccc2C(N)=O)C2CC2)cc1. The fourth-order valence-electron chi connectivity index (χ4n) is 2.97. The maximum Gasteiger partial charge on any atom is 0.250 e. The third-order valence-electron chi connectivity index (χ3n) is 4.52. The summed E-state index contributed by atoms with van der Waals surface area (Å²) in [6.45, 7) is 0.0731. The predicted molar refractivity (Wildman–Crippen MR) is 100 cm³/mol. The maximum atomic E-state index is 12.4. The van der Waals surface area contributed by atoms with E-state index in [4.69, 9.17) is 10.5 Å². The van der Waals surface area contributed by atoms with Gasteiger partial charge in [-0.25, -0.2) is 0 Å². The maximum absolute atomic E-state index is 12.4. The van der Waals surface area contributed by atoms with Crippen molar-refractivity contribution >= 4 is 17.5 Å². The molecule has 4 N–H and O–H groups in total. The number of hydrogen-bond acceptors (Lipinski definition) is 4. The van der Waals surface area contributed by atoms with Gasteiger partial charge >= 0.3 is 0 Å². The molecule has 1 fully saturated rings. The van der Waals surface area contributed by atoms with Crippen LogP contribution in [0.1, 0.15) is 34.8 Å². The number of anilines is 1. The zero-order valence-electron chi connectivity index (χ0n) is 14.7. The van der Waals surface area contributed by atoms with Gasteiger partial charge in [0.05, 0.1) is 25.3 Å². The van der Waals surface area contributed by atoms with Gasteiger partial charge in [0.1, 0.15) is 5.75 Å². The molecular formula is C20H23N3O3. The van der Waals surface area contributed by atoms with E-state index in [9.17, 15) is 9.59 Å². The van der Waals surface area contributed by atoms with Crippen LogP contribution in [0, 0.1) is 5.92 Å². The Morgan fingerprint density at radius 1 is 1.15 bits per heavy atom. The summed E-state index contributed by atoms with van der Waals surface area (Å²) in [4.78, 5) is 23.9. The molecule has 0 radical (unpaired) electrons. The van der Waals surface area contributed by atoms with E-state index in [1.165, 1.54) is 0 Å². The predicted octanol–water partition coefficient (Wildman–Crippen LogP) is 2.47. The number of ether oxygens (including phenoxy) is 1. The average Bonchev–Trinajstić information content (AvgIpc) is 3.50. The molecule has 0 spiro atoms. The van der Waals surface area contributed by atoms with Gasteiger partial charge in [0.15, 0.2) is 0 Å². The normalized spacial score (nSPS) is 14.3. The van der Waals surface area contributed by atoms with Crippen molar-refractivity contribution in [2.24, 2.45) is 11.7 Å². The first-order valence-electron chi connectivity index (χ1n) is 8.64. The lowest BCUT2D eigenvalue weighted by molar-refractivity contribution is -0.120. The van der Waals surface area contributed by atoms with Gasteiger partial charge in [-0.15, -0.1) is 0 Å². The molecule has 1 saturated carbocycles. The second-order valence-corrected chi connectivity index (χ2v) is 6.42. The molecule has 1 aliphatic carbocycles. The van der Waals surface area contributed by atoms with Gasteiger partial charge < -0.3 is 21.1 Å². The first kappa shape index (κ1) is 17.8. The molecule has 2 aromatic rings. The van der Waals surface area contributed by atoms with E-state index in [0.717, 1.165) is 24.2 Å². The quantitative estimate of drug-likeness (QED) is 0.680. The molecule has 1 atom stereocenters. The van der Waals surface area contributed by atoms with Crippen LogP contribution >= 0.6 is 0 Å². The molecule has 0 bridgehead atoms. The summed E-state index contributed by atoms with van der Waals surface area (Å²) in [6.07, 6.45) is 2.21. The highest BCUT2D eigenvalue weighted by Gasteiger charge is 2.33. The lowest BCUT2D eigenvalue weighted by Gasteiger charge is -2.20. The molecular weight excluding hydrogens is 330 g/mol. The highest BCUT2D eigenvalue weighted by atomic mass is 16.5. The minimum Gasteiger partial charge on any atom is -0.497 e. The summed E-state index contributed by atoms with van der Waals surface area (Å²) in [7, 11) is 1.63. The van der Waals surface area contributed by atoms with Crippen LogP contribution in [0.25, 0.3) is 0 Å². The zero-order valence-corrected chi connectivity index (χ0v) is 14.7. The van der Waals surface area contributed by atoms with Crippen LogP contribution in [-0.2, 0) is 4.79 Å². The average molecular weight is 353 g/mol. The number of benzene rings is 2. The number of carbonyl (C=O) groups is 2. The van der Waals surface area contributed by atoms with Crippen molar-refractivity contribution in [3.8, 4) is 5.75 Å². The molecule has 3 rings (SSSR count). The Bertz CT molecular complexity index is 785. The highest BCUT2D eigenvalue weighted by molar-refractivity contribution is 5.99. The lowest BCUT2D eigenvalue weighted by Crippen LogP contribution is -2.34. The number of rotatable bonds is 8. The Morgan fingerprint density at radius 2 is 1.85 bits per heavy atom. The van der Waals surface area contributed by atoms with E-state index in [-0.39, 0.29) is 18.5 Å². The third kappa shape index (κ3) is 4.33. The summed E-state index contributed by atoms with van der Waals surface area (Å²) < 4.78 is 5.19. The Balaban J connectivity index is 1.63. The van der Waals surface area contributed by atoms with Crippen molar-refractivity contribution in [3.05, 3.63) is 59.7 Å². The van der Waals surface area contributed by atoms with Crippen LogP contribution in [0.5, 0.6) is 5.75 Å². The van der Waals surface area contributed by atoms with Gasteiger partial charge in [-0.05, 0) is 48.6 Å². The molecule has 0 unspecified atom stereocenters. The first-order chi connectivity index (χ1) is 12.6. The molecule has 1 aliphatic rings. The summed E-state index contributed by atoms with van der Waals surface area (Å²) in [5, 5.41) is 6.09. The van der Waals surface area contributed by atoms with Crippen molar-refractivity contribution < 1.29 is 14.3 Å². The zero-order chi connectivity index (χ0) is 18.5. The van der Waals surface area contributed by atoms with Crippen molar-refractivity contribution in [2.45, 2.75) is 18.9 Å². The van der Waals surface area contributed by atoms with Crippen LogP contribution in [-0.4, -0.2) is 25.5 Å². The van der Waals surface area contributed by atoms with Crippen LogP contribution in [0.2, 0.25) is 0 Å². The number of nitrogens with one attached hydrogen (secondary N) is 2. The van der Waals surface area contributed by atoms with Gasteiger partial charge in [-0.3, -0.25) is 9.59 Å². The second kappa shape index (κ2) is 7.91. The van der Waals surface area contributed by atoms with Crippen LogP contribution < -0.4 is 21.1 Å². The second-order valence-electron chi connectivity index (χ2n) is 6.42. The van der Waals surface area contributed by atoms with Crippen molar-refractivity contribution in [2.75, 3.05) is 19.0 Å².